The zero-order chi connectivity index (χ0) is 14.2. The van der Waals surface area contributed by atoms with Crippen LogP contribution in [0.2, 0.25) is 0 Å². The van der Waals surface area contributed by atoms with E-state index < -0.39 is 0 Å². The number of thiocarbonyl (C=S) groups is 1. The van der Waals surface area contributed by atoms with Crippen LogP contribution in [0.4, 0.5) is 5.82 Å². The van der Waals surface area contributed by atoms with Gasteiger partial charge in [0, 0.05) is 25.6 Å². The Labute approximate surface area is 115 Å². The number of nitrogens with zero attached hydrogens (tertiary/aromatic N) is 4. The molecule has 0 fully saturated rings. The van der Waals surface area contributed by atoms with Gasteiger partial charge in [0.2, 0.25) is 0 Å². The summed E-state index contributed by atoms with van der Waals surface area (Å²) in [6.45, 7) is 3.77. The fourth-order valence-corrected chi connectivity index (χ4v) is 2.16. The van der Waals surface area contributed by atoms with Gasteiger partial charge in [-0.1, -0.05) is 12.2 Å². The van der Waals surface area contributed by atoms with Crippen molar-refractivity contribution in [3.05, 3.63) is 22.4 Å². The van der Waals surface area contributed by atoms with Crippen molar-refractivity contribution in [2.24, 2.45) is 5.73 Å². The Morgan fingerprint density at radius 1 is 1.68 bits per heavy atom. The number of anilines is 1. The highest BCUT2D eigenvalue weighted by Gasteiger charge is 2.15. The number of aromatic nitrogens is 4. The maximum Gasteiger partial charge on any atom is 0.349 e. The van der Waals surface area contributed by atoms with Crippen molar-refractivity contribution in [3.8, 4) is 0 Å². The second-order valence-electron chi connectivity index (χ2n) is 4.51. The molecular weight excluding hydrogens is 264 g/mol. The highest BCUT2D eigenvalue weighted by molar-refractivity contribution is 7.80. The molecule has 2 rings (SSSR count). The second-order valence-corrected chi connectivity index (χ2v) is 5.04. The molecule has 2 aromatic rings. The summed E-state index contributed by atoms with van der Waals surface area (Å²) >= 11 is 4.92. The van der Waals surface area contributed by atoms with E-state index in [1.165, 1.54) is 4.40 Å². The van der Waals surface area contributed by atoms with Crippen LogP contribution in [-0.4, -0.2) is 37.7 Å². The lowest BCUT2D eigenvalue weighted by molar-refractivity contribution is 0.701. The number of aryl methyl sites for hydroxylation is 1. The van der Waals surface area contributed by atoms with Crippen molar-refractivity contribution in [2.45, 2.75) is 26.3 Å². The minimum atomic E-state index is -0.287. The fraction of sp³-hybridized carbons (Fsp3) is 0.455. The molecule has 0 saturated heterocycles. The van der Waals surface area contributed by atoms with Crippen LogP contribution in [0.15, 0.2) is 10.9 Å². The largest absolute Gasteiger partial charge is 0.393 e. The molecule has 3 N–H and O–H groups in total. The Morgan fingerprint density at radius 3 is 3.00 bits per heavy atom. The quantitative estimate of drug-likeness (QED) is 0.779. The molecule has 0 aliphatic carbocycles. The number of nitrogens with two attached hydrogens (primary N) is 1. The molecule has 102 valence electrons. The topological polar surface area (TPSA) is 92.3 Å². The van der Waals surface area contributed by atoms with E-state index in [1.54, 1.807) is 13.0 Å². The van der Waals surface area contributed by atoms with Crippen molar-refractivity contribution in [2.75, 3.05) is 11.9 Å². The van der Waals surface area contributed by atoms with Crippen LogP contribution in [0.1, 0.15) is 19.2 Å². The summed E-state index contributed by atoms with van der Waals surface area (Å²) in [5.74, 6) is 1.31. The van der Waals surface area contributed by atoms with Crippen LogP contribution in [-0.2, 0) is 0 Å². The summed E-state index contributed by atoms with van der Waals surface area (Å²) in [5.41, 5.74) is 5.81. The lowest BCUT2D eigenvalue weighted by atomic mass is 10.2. The fourth-order valence-electron chi connectivity index (χ4n) is 1.92. The summed E-state index contributed by atoms with van der Waals surface area (Å²) in [6.07, 6.45) is 0.602. The minimum absolute atomic E-state index is 0.123. The van der Waals surface area contributed by atoms with Gasteiger partial charge in [-0.3, -0.25) is 0 Å². The Hall–Kier alpha value is -1.96. The van der Waals surface area contributed by atoms with E-state index in [-0.39, 0.29) is 11.7 Å². The van der Waals surface area contributed by atoms with Crippen molar-refractivity contribution in [1.29, 1.82) is 0 Å². The maximum atomic E-state index is 11.5. The van der Waals surface area contributed by atoms with E-state index in [0.29, 0.717) is 22.9 Å². The molecule has 0 radical (unpaired) electrons. The molecule has 2 aromatic heterocycles. The van der Waals surface area contributed by atoms with Crippen molar-refractivity contribution < 1.29 is 0 Å². The first-order valence-electron chi connectivity index (χ1n) is 5.86. The van der Waals surface area contributed by atoms with Gasteiger partial charge in [0.15, 0.2) is 5.65 Å². The molecule has 1 atom stereocenters. The molecule has 0 aliphatic heterocycles. The Kier molecular flexibility index (Phi) is 3.52. The number of aromatic amines is 1. The van der Waals surface area contributed by atoms with Gasteiger partial charge in [-0.15, -0.1) is 0 Å². The van der Waals surface area contributed by atoms with Crippen LogP contribution in [0, 0.1) is 6.92 Å². The first-order chi connectivity index (χ1) is 8.90. The lowest BCUT2D eigenvalue weighted by Crippen LogP contribution is -2.33. The smallest absolute Gasteiger partial charge is 0.349 e. The van der Waals surface area contributed by atoms with E-state index in [0.717, 1.165) is 5.82 Å². The van der Waals surface area contributed by atoms with Gasteiger partial charge in [0.25, 0.3) is 0 Å². The predicted octanol–water partition coefficient (Wildman–Crippen LogP) is 0.227. The van der Waals surface area contributed by atoms with Gasteiger partial charge in [-0.2, -0.15) is 5.10 Å². The number of fused-ring (bicyclic) bond motifs is 1. The first kappa shape index (κ1) is 13.5. The molecule has 0 amide bonds. The average molecular weight is 280 g/mol. The number of hydrogen-bond acceptors (Lipinski definition) is 5. The molecule has 2 heterocycles. The lowest BCUT2D eigenvalue weighted by Gasteiger charge is -2.25. The molecule has 0 saturated carbocycles. The number of nitrogens with one attached hydrogen (secondary N) is 1. The van der Waals surface area contributed by atoms with Gasteiger partial charge in [-0.05, 0) is 13.8 Å². The normalized spacial score (nSPS) is 12.6. The van der Waals surface area contributed by atoms with Gasteiger partial charge in [0.1, 0.15) is 11.6 Å². The summed E-state index contributed by atoms with van der Waals surface area (Å²) < 4.78 is 1.43. The third-order valence-electron chi connectivity index (χ3n) is 3.08. The molecule has 7 nitrogen and oxygen atoms in total. The van der Waals surface area contributed by atoms with E-state index in [1.807, 2.05) is 18.9 Å². The number of H-pyrrole nitrogens is 1. The maximum absolute atomic E-state index is 11.5. The van der Waals surface area contributed by atoms with E-state index >= 15 is 0 Å². The van der Waals surface area contributed by atoms with Crippen LogP contribution >= 0.6 is 12.2 Å². The summed E-state index contributed by atoms with van der Waals surface area (Å²) in [6, 6.07) is 1.87. The summed E-state index contributed by atoms with van der Waals surface area (Å²) in [5, 5.41) is 6.35. The van der Waals surface area contributed by atoms with Gasteiger partial charge >= 0.3 is 5.69 Å². The highest BCUT2D eigenvalue weighted by atomic mass is 32.1. The molecule has 1 unspecified atom stereocenters. The highest BCUT2D eigenvalue weighted by Crippen LogP contribution is 2.16. The molecule has 19 heavy (non-hydrogen) atoms. The molecule has 0 aromatic carbocycles. The van der Waals surface area contributed by atoms with Crippen LogP contribution < -0.4 is 16.3 Å². The standard InChI is InChI=1S/C11H16N6OS/c1-6(4-8(12)19)16(3)9-5-10-14-15-11(18)17(10)7(2)13-9/h5-6H,4H2,1-3H3,(H2,12,19)(H,15,18). The molecular formula is C11H16N6OS. The summed E-state index contributed by atoms with van der Waals surface area (Å²) in [7, 11) is 1.91. The molecule has 0 aliphatic rings. The number of hydrogen-bond donors (Lipinski definition) is 2. The van der Waals surface area contributed by atoms with E-state index in [9.17, 15) is 4.79 Å². The summed E-state index contributed by atoms with van der Waals surface area (Å²) in [4.78, 5) is 18.4. The van der Waals surface area contributed by atoms with Crippen LogP contribution in [0.5, 0.6) is 0 Å². The Morgan fingerprint density at radius 2 is 2.37 bits per heavy atom. The zero-order valence-corrected chi connectivity index (χ0v) is 11.9. The van der Waals surface area contributed by atoms with E-state index in [2.05, 4.69) is 15.2 Å². The van der Waals surface area contributed by atoms with Crippen molar-refractivity contribution in [3.63, 3.8) is 0 Å². The minimum Gasteiger partial charge on any atom is -0.393 e. The van der Waals surface area contributed by atoms with Gasteiger partial charge in [-0.25, -0.2) is 19.3 Å². The van der Waals surface area contributed by atoms with Gasteiger partial charge in [0.05, 0.1) is 4.99 Å². The number of rotatable bonds is 4. The third kappa shape index (κ3) is 2.58. The molecule has 0 bridgehead atoms. The Balaban J connectivity index is 2.40. The van der Waals surface area contributed by atoms with Gasteiger partial charge < -0.3 is 10.6 Å². The van der Waals surface area contributed by atoms with Crippen molar-refractivity contribution >= 4 is 28.7 Å². The second kappa shape index (κ2) is 4.96. The monoisotopic (exact) mass is 280 g/mol. The van der Waals surface area contributed by atoms with Crippen LogP contribution in [0.25, 0.3) is 5.65 Å². The molecule has 8 heteroatoms. The molecule has 0 spiro atoms. The zero-order valence-electron chi connectivity index (χ0n) is 11.0. The van der Waals surface area contributed by atoms with Crippen molar-refractivity contribution in [1.82, 2.24) is 19.6 Å². The average Bonchev–Trinajstić information content (AvgIpc) is 2.69. The first-order valence-corrected chi connectivity index (χ1v) is 6.27. The third-order valence-corrected chi connectivity index (χ3v) is 3.24. The SMILES string of the molecule is Cc1nc(N(C)C(C)CC(N)=S)cc2n[nH]c(=O)n12. The van der Waals surface area contributed by atoms with E-state index in [4.69, 9.17) is 18.0 Å². The van der Waals surface area contributed by atoms with Crippen LogP contribution in [0.3, 0.4) is 0 Å². The predicted molar refractivity (Wildman–Crippen MR) is 77.6 cm³/mol. The Bertz CT molecular complexity index is 675.